The molecule has 7 heteroatoms. The van der Waals surface area contributed by atoms with Crippen molar-refractivity contribution in [1.29, 1.82) is 0 Å². The second-order valence-corrected chi connectivity index (χ2v) is 8.02. The highest BCUT2D eigenvalue weighted by molar-refractivity contribution is 7.89. The number of halogens is 2. The molecule has 1 aliphatic rings. The first-order chi connectivity index (χ1) is 9.32. The Morgan fingerprint density at radius 3 is 2.70 bits per heavy atom. The monoisotopic (exact) mass is 336 g/mol. The van der Waals surface area contributed by atoms with Crippen molar-refractivity contribution in [2.75, 3.05) is 33.7 Å². The van der Waals surface area contributed by atoms with Gasteiger partial charge in [0.15, 0.2) is 0 Å². The van der Waals surface area contributed by atoms with Crippen LogP contribution in [0.3, 0.4) is 0 Å². The summed E-state index contributed by atoms with van der Waals surface area (Å²) in [6.07, 6.45) is 0.871. The zero-order valence-corrected chi connectivity index (χ0v) is 13.8. The van der Waals surface area contributed by atoms with E-state index in [1.165, 1.54) is 10.4 Å². The fourth-order valence-corrected chi connectivity index (χ4v) is 4.77. The molecular weight excluding hydrogens is 319 g/mol. The smallest absolute Gasteiger partial charge is 0.244 e. The first-order valence-corrected chi connectivity index (χ1v) is 8.61. The van der Waals surface area contributed by atoms with Gasteiger partial charge in [-0.2, -0.15) is 4.31 Å². The lowest BCUT2D eigenvalue weighted by Gasteiger charge is -2.19. The maximum absolute atomic E-state index is 12.6. The molecule has 0 aliphatic carbocycles. The summed E-state index contributed by atoms with van der Waals surface area (Å²) < 4.78 is 26.7. The molecule has 0 radical (unpaired) electrons. The van der Waals surface area contributed by atoms with Gasteiger partial charge in [0.25, 0.3) is 0 Å². The van der Waals surface area contributed by atoms with E-state index in [1.54, 1.807) is 12.1 Å². The van der Waals surface area contributed by atoms with Crippen molar-refractivity contribution < 1.29 is 8.42 Å². The van der Waals surface area contributed by atoms with Crippen molar-refractivity contribution in [2.24, 2.45) is 5.92 Å². The molecule has 0 N–H and O–H groups in total. The highest BCUT2D eigenvalue weighted by atomic mass is 35.5. The lowest BCUT2D eigenvalue weighted by molar-refractivity contribution is 0.329. The molecule has 1 fully saturated rings. The molecule has 0 aromatic heterocycles. The average Bonchev–Trinajstić information content (AvgIpc) is 2.80. The number of nitrogens with zero attached hydrogens (tertiary/aromatic N) is 2. The van der Waals surface area contributed by atoms with Gasteiger partial charge in [0.2, 0.25) is 10.0 Å². The topological polar surface area (TPSA) is 40.6 Å². The number of hydrogen-bond acceptors (Lipinski definition) is 3. The van der Waals surface area contributed by atoms with E-state index in [4.69, 9.17) is 23.2 Å². The molecule has 1 atom stereocenters. The maximum Gasteiger partial charge on any atom is 0.244 e. The summed E-state index contributed by atoms with van der Waals surface area (Å²) in [5, 5.41) is 0.363. The summed E-state index contributed by atoms with van der Waals surface area (Å²) in [7, 11) is 0.420. The van der Waals surface area contributed by atoms with Crippen molar-refractivity contribution in [2.45, 2.75) is 11.3 Å². The first kappa shape index (κ1) is 16.0. The van der Waals surface area contributed by atoms with Crippen molar-refractivity contribution in [3.05, 3.63) is 28.2 Å². The third-order valence-electron chi connectivity index (χ3n) is 3.41. The molecule has 1 aliphatic heterocycles. The molecule has 112 valence electrons. The fourth-order valence-electron chi connectivity index (χ4n) is 2.50. The van der Waals surface area contributed by atoms with Gasteiger partial charge in [0.1, 0.15) is 4.90 Å². The fraction of sp³-hybridized carbons (Fsp3) is 0.538. The summed E-state index contributed by atoms with van der Waals surface area (Å²) in [6, 6.07) is 4.69. The van der Waals surface area contributed by atoms with Crippen molar-refractivity contribution in [1.82, 2.24) is 9.21 Å². The van der Waals surface area contributed by atoms with Gasteiger partial charge < -0.3 is 4.90 Å². The Morgan fingerprint density at radius 1 is 1.35 bits per heavy atom. The van der Waals surface area contributed by atoms with Crippen LogP contribution in [0.4, 0.5) is 0 Å². The van der Waals surface area contributed by atoms with Crippen LogP contribution in [0.2, 0.25) is 10.0 Å². The summed E-state index contributed by atoms with van der Waals surface area (Å²) >= 11 is 11.9. The lowest BCUT2D eigenvalue weighted by atomic mass is 10.1. The number of hydrogen-bond donors (Lipinski definition) is 0. The highest BCUT2D eigenvalue weighted by Crippen LogP contribution is 2.33. The van der Waals surface area contributed by atoms with Crippen molar-refractivity contribution in [3.63, 3.8) is 0 Å². The third kappa shape index (κ3) is 3.28. The Kier molecular flexibility index (Phi) is 4.97. The van der Waals surface area contributed by atoms with Gasteiger partial charge in [-0.15, -0.1) is 0 Å². The van der Waals surface area contributed by atoms with E-state index in [0.717, 1.165) is 13.0 Å². The van der Waals surface area contributed by atoms with Crippen LogP contribution < -0.4 is 0 Å². The van der Waals surface area contributed by atoms with Crippen LogP contribution in [0.1, 0.15) is 6.42 Å². The normalized spacial score (nSPS) is 20.8. The van der Waals surface area contributed by atoms with E-state index in [1.807, 2.05) is 14.1 Å². The maximum atomic E-state index is 12.6. The molecule has 1 aromatic rings. The van der Waals surface area contributed by atoms with Crippen LogP contribution in [0.25, 0.3) is 0 Å². The molecule has 0 spiro atoms. The van der Waals surface area contributed by atoms with Crippen LogP contribution in [0.15, 0.2) is 23.1 Å². The molecule has 1 heterocycles. The van der Waals surface area contributed by atoms with Gasteiger partial charge in [-0.1, -0.05) is 29.3 Å². The predicted octanol–water partition coefficient (Wildman–Crippen LogP) is 2.57. The molecule has 0 amide bonds. The molecule has 1 saturated heterocycles. The molecule has 2 rings (SSSR count). The number of benzene rings is 1. The van der Waals surface area contributed by atoms with Gasteiger partial charge in [0.05, 0.1) is 10.0 Å². The Morgan fingerprint density at radius 2 is 2.05 bits per heavy atom. The van der Waals surface area contributed by atoms with Crippen LogP contribution >= 0.6 is 23.2 Å². The molecule has 20 heavy (non-hydrogen) atoms. The lowest BCUT2D eigenvalue weighted by Crippen LogP contribution is -2.31. The van der Waals surface area contributed by atoms with E-state index in [0.29, 0.717) is 19.0 Å². The summed E-state index contributed by atoms with van der Waals surface area (Å²) in [5.41, 5.74) is 0. The van der Waals surface area contributed by atoms with Gasteiger partial charge in [-0.3, -0.25) is 0 Å². The zero-order valence-electron chi connectivity index (χ0n) is 11.5. The van der Waals surface area contributed by atoms with Crippen LogP contribution in [0, 0.1) is 5.92 Å². The van der Waals surface area contributed by atoms with Gasteiger partial charge in [-0.25, -0.2) is 8.42 Å². The quantitative estimate of drug-likeness (QED) is 0.848. The van der Waals surface area contributed by atoms with E-state index < -0.39 is 10.0 Å². The Labute approximate surface area is 130 Å². The minimum absolute atomic E-state index is 0.0946. The largest absolute Gasteiger partial charge is 0.309 e. The Balaban J connectivity index is 2.22. The number of rotatable bonds is 4. The molecule has 1 aromatic carbocycles. The standard InChI is InChI=1S/C13H18Cl2N2O2S/c1-16(2)8-10-6-7-17(9-10)20(18,19)12-5-3-4-11(14)13(12)15/h3-5,10H,6-9H2,1-2H3/t10-/m0/s1. The minimum Gasteiger partial charge on any atom is -0.309 e. The molecule has 0 saturated carbocycles. The Hall–Kier alpha value is -0.330. The molecule has 4 nitrogen and oxygen atoms in total. The summed E-state index contributed by atoms with van der Waals surface area (Å²) in [6.45, 7) is 1.95. The zero-order chi connectivity index (χ0) is 14.9. The molecule has 0 bridgehead atoms. The minimum atomic E-state index is -3.56. The van der Waals surface area contributed by atoms with E-state index in [9.17, 15) is 8.42 Å². The number of sulfonamides is 1. The van der Waals surface area contributed by atoms with Gasteiger partial charge in [0, 0.05) is 19.6 Å². The van der Waals surface area contributed by atoms with Crippen LogP contribution in [0.5, 0.6) is 0 Å². The summed E-state index contributed by atoms with van der Waals surface area (Å²) in [5.74, 6) is 0.359. The van der Waals surface area contributed by atoms with E-state index in [2.05, 4.69) is 4.90 Å². The van der Waals surface area contributed by atoms with Crippen LogP contribution in [-0.4, -0.2) is 51.4 Å². The van der Waals surface area contributed by atoms with E-state index in [-0.39, 0.29) is 14.9 Å². The van der Waals surface area contributed by atoms with Gasteiger partial charge >= 0.3 is 0 Å². The SMILES string of the molecule is CN(C)C[C@@H]1CCN(S(=O)(=O)c2cccc(Cl)c2Cl)C1. The molecular formula is C13H18Cl2N2O2S. The van der Waals surface area contributed by atoms with Crippen LogP contribution in [-0.2, 0) is 10.0 Å². The first-order valence-electron chi connectivity index (χ1n) is 6.41. The second kappa shape index (κ2) is 6.20. The van der Waals surface area contributed by atoms with Crippen molar-refractivity contribution in [3.8, 4) is 0 Å². The van der Waals surface area contributed by atoms with Gasteiger partial charge in [-0.05, 0) is 38.6 Å². The van der Waals surface area contributed by atoms with E-state index >= 15 is 0 Å². The summed E-state index contributed by atoms with van der Waals surface area (Å²) in [4.78, 5) is 2.17. The predicted molar refractivity (Wildman–Crippen MR) is 81.9 cm³/mol. The van der Waals surface area contributed by atoms with Crippen molar-refractivity contribution >= 4 is 33.2 Å². The second-order valence-electron chi connectivity index (χ2n) is 5.33. The third-order valence-corrected chi connectivity index (χ3v) is 6.24. The Bertz CT molecular complexity index is 590. The highest BCUT2D eigenvalue weighted by Gasteiger charge is 2.34. The average molecular weight is 337 g/mol. The molecule has 0 unspecified atom stereocenters.